The Morgan fingerprint density at radius 2 is 1.67 bits per heavy atom. The minimum atomic E-state index is -0.845. The van der Waals surface area contributed by atoms with Crippen molar-refractivity contribution < 1.29 is 9.18 Å². The van der Waals surface area contributed by atoms with Crippen LogP contribution in [0.4, 0.5) is 10.1 Å². The molecule has 27 heavy (non-hydrogen) atoms. The molecule has 5 heteroatoms. The smallest absolute Gasteiger partial charge is 0.261 e. The summed E-state index contributed by atoms with van der Waals surface area (Å²) in [5, 5.41) is 2.81. The van der Waals surface area contributed by atoms with E-state index in [1.54, 1.807) is 18.4 Å². The van der Waals surface area contributed by atoms with E-state index in [0.717, 1.165) is 36.8 Å². The normalized spacial score (nSPS) is 10.9. The second-order valence-electron chi connectivity index (χ2n) is 7.12. The zero-order valence-electron chi connectivity index (χ0n) is 16.9. The lowest BCUT2D eigenvalue weighted by Gasteiger charge is -2.19. The molecular formula is C22H29FN2O2. The van der Waals surface area contributed by atoms with Gasteiger partial charge in [-0.25, -0.2) is 4.39 Å². The number of aromatic nitrogens is 1. The summed E-state index contributed by atoms with van der Waals surface area (Å²) in [5.41, 5.74) is 2.31. The Kier molecular flexibility index (Phi) is 6.94. The van der Waals surface area contributed by atoms with Crippen LogP contribution in [0.15, 0.2) is 23.0 Å². The van der Waals surface area contributed by atoms with Crippen LogP contribution >= 0.6 is 0 Å². The lowest BCUT2D eigenvalue weighted by atomic mass is 10.1. The largest absolute Gasteiger partial charge is 0.345 e. The second-order valence-corrected chi connectivity index (χ2v) is 7.12. The number of hydrogen-bond acceptors (Lipinski definition) is 2. The lowest BCUT2D eigenvalue weighted by molar-refractivity contribution is 0.102. The van der Waals surface area contributed by atoms with E-state index in [0.29, 0.717) is 17.9 Å². The number of pyridine rings is 1. The molecule has 1 aromatic heterocycles. The molecule has 2 aromatic rings. The first-order valence-electron chi connectivity index (χ1n) is 9.56. The van der Waals surface area contributed by atoms with Gasteiger partial charge in [0, 0.05) is 17.9 Å². The minimum Gasteiger partial charge on any atom is -0.345 e. The topological polar surface area (TPSA) is 51.1 Å². The first-order valence-corrected chi connectivity index (χ1v) is 9.56. The van der Waals surface area contributed by atoms with Crippen molar-refractivity contribution in [3.05, 3.63) is 62.3 Å². The van der Waals surface area contributed by atoms with Gasteiger partial charge in [-0.15, -0.1) is 0 Å². The van der Waals surface area contributed by atoms with Crippen LogP contribution in [0.5, 0.6) is 0 Å². The minimum absolute atomic E-state index is 0.115. The van der Waals surface area contributed by atoms with Crippen molar-refractivity contribution in [2.45, 2.75) is 66.8 Å². The van der Waals surface area contributed by atoms with Gasteiger partial charge in [-0.3, -0.25) is 9.59 Å². The number of halogens is 1. The third kappa shape index (κ3) is 4.46. The third-order valence-electron chi connectivity index (χ3n) is 5.10. The fourth-order valence-electron chi connectivity index (χ4n) is 3.43. The van der Waals surface area contributed by atoms with Crippen LogP contribution in [0, 0.1) is 33.5 Å². The highest BCUT2D eigenvalue weighted by Crippen LogP contribution is 2.21. The molecule has 1 amide bonds. The Bertz CT molecular complexity index is 880. The number of amides is 1. The van der Waals surface area contributed by atoms with Crippen molar-refractivity contribution in [3.8, 4) is 0 Å². The zero-order chi connectivity index (χ0) is 20.1. The van der Waals surface area contributed by atoms with Gasteiger partial charge in [0.15, 0.2) is 5.82 Å². The zero-order valence-corrected chi connectivity index (χ0v) is 16.9. The number of rotatable bonds is 7. The number of para-hydroxylation sites is 1. The number of carbonyl (C=O) groups excluding carboxylic acids is 1. The van der Waals surface area contributed by atoms with Crippen LogP contribution in [-0.2, 0) is 6.54 Å². The van der Waals surface area contributed by atoms with E-state index < -0.39 is 17.2 Å². The Hall–Kier alpha value is -2.43. The number of nitrogens with one attached hydrogen (secondary N) is 1. The molecule has 0 spiro atoms. The van der Waals surface area contributed by atoms with E-state index in [1.165, 1.54) is 0 Å². The van der Waals surface area contributed by atoms with Gasteiger partial charge in [-0.05, 0) is 45.2 Å². The van der Waals surface area contributed by atoms with Gasteiger partial charge in [0.25, 0.3) is 5.91 Å². The molecule has 1 N–H and O–H groups in total. The number of aryl methyl sites for hydroxylation is 2. The quantitative estimate of drug-likeness (QED) is 0.691. The van der Waals surface area contributed by atoms with Crippen molar-refractivity contribution in [1.82, 2.24) is 4.57 Å². The first kappa shape index (κ1) is 20.9. The van der Waals surface area contributed by atoms with Gasteiger partial charge in [0.2, 0.25) is 5.43 Å². The van der Waals surface area contributed by atoms with Gasteiger partial charge < -0.3 is 9.88 Å². The highest BCUT2D eigenvalue weighted by atomic mass is 19.1. The number of unbranched alkanes of at least 4 members (excludes halogenated alkanes) is 3. The number of nitrogens with zero attached hydrogens (tertiary/aromatic N) is 1. The highest BCUT2D eigenvalue weighted by molar-refractivity contribution is 6.05. The molecule has 0 aliphatic carbocycles. The number of carbonyl (C=O) groups is 1. The standard InChI is InChI=1S/C22H29FN2O2/c1-6-7-8-9-13-25-16(4)18(21(26)19(23)17(25)5)22(27)24-20-14(2)11-10-12-15(20)3/h10-12H,6-9,13H2,1-5H3,(H,24,27). The summed E-state index contributed by atoms with van der Waals surface area (Å²) in [6.07, 6.45) is 4.14. The SMILES string of the molecule is CCCCCCn1c(C)c(F)c(=O)c(C(=O)Nc2c(C)cccc2C)c1C. The van der Waals surface area contributed by atoms with Crippen molar-refractivity contribution in [2.75, 3.05) is 5.32 Å². The monoisotopic (exact) mass is 372 g/mol. The lowest BCUT2D eigenvalue weighted by Crippen LogP contribution is -2.30. The predicted octanol–water partition coefficient (Wildman–Crippen LogP) is 5.05. The third-order valence-corrected chi connectivity index (χ3v) is 5.10. The maximum atomic E-state index is 14.6. The molecule has 0 fully saturated rings. The molecule has 0 bridgehead atoms. The van der Waals surface area contributed by atoms with E-state index in [1.807, 2.05) is 32.0 Å². The Morgan fingerprint density at radius 3 is 2.26 bits per heavy atom. The van der Waals surface area contributed by atoms with Gasteiger partial charge in [-0.1, -0.05) is 44.4 Å². The maximum absolute atomic E-state index is 14.6. The molecule has 0 aliphatic rings. The highest BCUT2D eigenvalue weighted by Gasteiger charge is 2.23. The molecule has 0 atom stereocenters. The number of hydrogen-bond donors (Lipinski definition) is 1. The van der Waals surface area contributed by atoms with E-state index in [4.69, 9.17) is 0 Å². The van der Waals surface area contributed by atoms with E-state index in [-0.39, 0.29) is 11.3 Å². The number of anilines is 1. The molecule has 4 nitrogen and oxygen atoms in total. The maximum Gasteiger partial charge on any atom is 0.261 e. The van der Waals surface area contributed by atoms with Gasteiger partial charge >= 0.3 is 0 Å². The average Bonchev–Trinajstić information content (AvgIpc) is 2.62. The van der Waals surface area contributed by atoms with Crippen molar-refractivity contribution in [1.29, 1.82) is 0 Å². The number of benzene rings is 1. The second kappa shape index (κ2) is 8.98. The summed E-state index contributed by atoms with van der Waals surface area (Å²) in [5.74, 6) is -1.40. The van der Waals surface area contributed by atoms with Crippen LogP contribution in [0.2, 0.25) is 0 Å². The molecule has 1 heterocycles. The Morgan fingerprint density at radius 1 is 1.04 bits per heavy atom. The van der Waals surface area contributed by atoms with Crippen molar-refractivity contribution in [2.24, 2.45) is 0 Å². The fourth-order valence-corrected chi connectivity index (χ4v) is 3.43. The van der Waals surface area contributed by atoms with Crippen molar-refractivity contribution >= 4 is 11.6 Å². The first-order chi connectivity index (χ1) is 12.8. The van der Waals surface area contributed by atoms with Crippen LogP contribution in [0.25, 0.3) is 0 Å². The molecule has 0 unspecified atom stereocenters. The van der Waals surface area contributed by atoms with Crippen LogP contribution in [0.1, 0.15) is 65.5 Å². The summed E-state index contributed by atoms with van der Waals surface area (Å²) in [7, 11) is 0. The van der Waals surface area contributed by atoms with Gasteiger partial charge in [0.1, 0.15) is 5.56 Å². The van der Waals surface area contributed by atoms with Crippen LogP contribution < -0.4 is 10.7 Å². The molecule has 0 saturated carbocycles. The summed E-state index contributed by atoms with van der Waals surface area (Å²) >= 11 is 0. The molecule has 0 aliphatic heterocycles. The molecule has 0 saturated heterocycles. The summed E-state index contributed by atoms with van der Waals surface area (Å²) in [6.45, 7) is 9.81. The molecule has 0 radical (unpaired) electrons. The van der Waals surface area contributed by atoms with Crippen LogP contribution in [0.3, 0.4) is 0 Å². The van der Waals surface area contributed by atoms with E-state index in [2.05, 4.69) is 12.2 Å². The van der Waals surface area contributed by atoms with E-state index in [9.17, 15) is 14.0 Å². The summed E-state index contributed by atoms with van der Waals surface area (Å²) < 4.78 is 16.3. The predicted molar refractivity (Wildman–Crippen MR) is 108 cm³/mol. The van der Waals surface area contributed by atoms with Crippen molar-refractivity contribution in [3.63, 3.8) is 0 Å². The summed E-state index contributed by atoms with van der Waals surface area (Å²) in [6, 6.07) is 5.68. The van der Waals surface area contributed by atoms with Crippen LogP contribution in [-0.4, -0.2) is 10.5 Å². The van der Waals surface area contributed by atoms with Gasteiger partial charge in [-0.2, -0.15) is 0 Å². The molecule has 146 valence electrons. The summed E-state index contributed by atoms with van der Waals surface area (Å²) in [4.78, 5) is 25.4. The fraction of sp³-hybridized carbons (Fsp3) is 0.455. The molecule has 1 aromatic carbocycles. The van der Waals surface area contributed by atoms with Gasteiger partial charge in [0.05, 0.1) is 5.69 Å². The van der Waals surface area contributed by atoms with E-state index >= 15 is 0 Å². The molecular weight excluding hydrogens is 343 g/mol. The Labute approximate surface area is 160 Å². The Balaban J connectivity index is 2.42. The molecule has 2 rings (SSSR count). The average molecular weight is 372 g/mol.